The van der Waals surface area contributed by atoms with Gasteiger partial charge in [-0.05, 0) is 0 Å². The molecular formula is C12H11F4N5. The molecule has 0 saturated heterocycles. The maximum absolute atomic E-state index is 14.1. The van der Waals surface area contributed by atoms with Gasteiger partial charge < -0.3 is 5.73 Å². The van der Waals surface area contributed by atoms with Gasteiger partial charge in [0.05, 0.1) is 18.3 Å². The summed E-state index contributed by atoms with van der Waals surface area (Å²) in [5, 5.41) is 12.8. The predicted octanol–water partition coefficient (Wildman–Crippen LogP) is 2.55. The summed E-state index contributed by atoms with van der Waals surface area (Å²) < 4.78 is 53.2. The molecule has 0 aliphatic heterocycles. The second kappa shape index (κ2) is 4.58. The number of aromatic nitrogens is 3. The van der Waals surface area contributed by atoms with Crippen molar-refractivity contribution in [1.29, 1.82) is 5.26 Å². The number of hydrogen-bond acceptors (Lipinski definition) is 4. The van der Waals surface area contributed by atoms with Gasteiger partial charge in [-0.2, -0.15) is 18.4 Å². The lowest BCUT2D eigenvalue weighted by Crippen LogP contribution is -2.29. The van der Waals surface area contributed by atoms with Crippen LogP contribution in [0.2, 0.25) is 0 Å². The number of halogens is 4. The van der Waals surface area contributed by atoms with Crippen LogP contribution in [0, 0.1) is 17.1 Å². The van der Waals surface area contributed by atoms with Crippen LogP contribution in [0.1, 0.15) is 31.5 Å². The highest BCUT2D eigenvalue weighted by atomic mass is 19.4. The van der Waals surface area contributed by atoms with E-state index in [1.807, 2.05) is 0 Å². The van der Waals surface area contributed by atoms with Crippen molar-refractivity contribution in [1.82, 2.24) is 14.6 Å². The van der Waals surface area contributed by atoms with Gasteiger partial charge in [0.1, 0.15) is 17.1 Å². The zero-order valence-corrected chi connectivity index (χ0v) is 11.2. The quantitative estimate of drug-likeness (QED) is 0.864. The number of alkyl halides is 3. The SMILES string of the molecule is CC(C)(CC(F)(F)F)c1c(C#N)c(F)c2cnc(N)nn12. The molecule has 112 valence electrons. The van der Waals surface area contributed by atoms with Crippen LogP contribution in [0.3, 0.4) is 0 Å². The number of hydrogen-bond donors (Lipinski definition) is 1. The van der Waals surface area contributed by atoms with Crippen molar-refractivity contribution in [2.45, 2.75) is 31.9 Å². The van der Waals surface area contributed by atoms with Gasteiger partial charge in [-0.1, -0.05) is 13.8 Å². The van der Waals surface area contributed by atoms with Crippen LogP contribution in [-0.2, 0) is 5.41 Å². The second-order valence-corrected chi connectivity index (χ2v) is 5.24. The van der Waals surface area contributed by atoms with Crippen molar-refractivity contribution in [3.05, 3.63) is 23.3 Å². The summed E-state index contributed by atoms with van der Waals surface area (Å²) in [5.74, 6) is -1.19. The molecule has 0 unspecified atom stereocenters. The van der Waals surface area contributed by atoms with Crippen LogP contribution in [0.25, 0.3) is 5.52 Å². The molecule has 9 heteroatoms. The number of fused-ring (bicyclic) bond motifs is 1. The van der Waals surface area contributed by atoms with E-state index >= 15 is 0 Å². The number of nitrogens with two attached hydrogens (primary N) is 1. The molecule has 5 nitrogen and oxygen atoms in total. The number of anilines is 1. The fourth-order valence-electron chi connectivity index (χ4n) is 2.33. The highest BCUT2D eigenvalue weighted by Crippen LogP contribution is 2.39. The van der Waals surface area contributed by atoms with E-state index in [9.17, 15) is 17.6 Å². The van der Waals surface area contributed by atoms with Crippen LogP contribution in [0.5, 0.6) is 0 Å². The summed E-state index contributed by atoms with van der Waals surface area (Å²) in [6.45, 7) is 2.53. The molecule has 0 aliphatic rings. The van der Waals surface area contributed by atoms with Crippen molar-refractivity contribution >= 4 is 11.5 Å². The van der Waals surface area contributed by atoms with Crippen LogP contribution >= 0.6 is 0 Å². The van der Waals surface area contributed by atoms with E-state index in [-0.39, 0.29) is 17.2 Å². The Morgan fingerprint density at radius 2 is 2.00 bits per heavy atom. The molecule has 2 rings (SSSR count). The Labute approximate surface area is 117 Å². The van der Waals surface area contributed by atoms with E-state index in [0.29, 0.717) is 0 Å². The van der Waals surface area contributed by atoms with Crippen molar-refractivity contribution in [3.8, 4) is 6.07 Å². The van der Waals surface area contributed by atoms with Gasteiger partial charge in [0.2, 0.25) is 5.95 Å². The second-order valence-electron chi connectivity index (χ2n) is 5.24. The van der Waals surface area contributed by atoms with Crippen LogP contribution in [0.4, 0.5) is 23.5 Å². The number of nitrogens with zero attached hydrogens (tertiary/aromatic N) is 4. The number of rotatable bonds is 2. The molecule has 0 atom stereocenters. The summed E-state index contributed by atoms with van der Waals surface area (Å²) in [4.78, 5) is 3.59. The maximum atomic E-state index is 14.1. The van der Waals surface area contributed by atoms with Gasteiger partial charge in [-0.15, -0.1) is 5.10 Å². The molecule has 2 aromatic rings. The first-order chi connectivity index (χ1) is 9.57. The van der Waals surface area contributed by atoms with Crippen molar-refractivity contribution in [2.75, 3.05) is 5.73 Å². The molecule has 2 heterocycles. The molecule has 0 amide bonds. The van der Waals surface area contributed by atoms with Crippen molar-refractivity contribution < 1.29 is 17.6 Å². The monoisotopic (exact) mass is 301 g/mol. The number of nitrogen functional groups attached to an aromatic ring is 1. The Bertz CT molecular complexity index is 739. The molecule has 2 aromatic heterocycles. The van der Waals surface area contributed by atoms with Gasteiger partial charge in [0.15, 0.2) is 5.82 Å². The Balaban J connectivity index is 2.78. The summed E-state index contributed by atoms with van der Waals surface area (Å²) in [6.07, 6.45) is -4.68. The fraction of sp³-hybridized carbons (Fsp3) is 0.417. The first-order valence-electron chi connectivity index (χ1n) is 5.87. The van der Waals surface area contributed by atoms with Gasteiger partial charge >= 0.3 is 6.18 Å². The predicted molar refractivity (Wildman–Crippen MR) is 65.8 cm³/mol. The van der Waals surface area contributed by atoms with Gasteiger partial charge in [-0.25, -0.2) is 13.9 Å². The highest BCUT2D eigenvalue weighted by molar-refractivity contribution is 5.59. The minimum Gasteiger partial charge on any atom is -0.367 e. The first kappa shape index (κ1) is 15.0. The zero-order chi connectivity index (χ0) is 16.0. The van der Waals surface area contributed by atoms with Gasteiger partial charge in [0, 0.05) is 5.41 Å². The zero-order valence-electron chi connectivity index (χ0n) is 11.2. The van der Waals surface area contributed by atoms with E-state index in [1.165, 1.54) is 13.8 Å². The van der Waals surface area contributed by atoms with E-state index < -0.39 is 29.4 Å². The summed E-state index contributed by atoms with van der Waals surface area (Å²) >= 11 is 0. The molecular weight excluding hydrogens is 290 g/mol. The van der Waals surface area contributed by atoms with E-state index in [1.54, 1.807) is 6.07 Å². The minimum absolute atomic E-state index is 0.177. The first-order valence-corrected chi connectivity index (χ1v) is 5.87. The smallest absolute Gasteiger partial charge is 0.367 e. The molecule has 0 fully saturated rings. The average Bonchev–Trinajstić information content (AvgIpc) is 2.59. The Morgan fingerprint density at radius 3 is 2.52 bits per heavy atom. The van der Waals surface area contributed by atoms with Gasteiger partial charge in [-0.3, -0.25) is 0 Å². The third-order valence-corrected chi connectivity index (χ3v) is 3.04. The minimum atomic E-state index is -4.48. The summed E-state index contributed by atoms with van der Waals surface area (Å²) in [7, 11) is 0. The third kappa shape index (κ3) is 2.61. The highest BCUT2D eigenvalue weighted by Gasteiger charge is 2.41. The number of nitriles is 1. The molecule has 0 radical (unpaired) electrons. The molecule has 0 aromatic carbocycles. The lowest BCUT2D eigenvalue weighted by molar-refractivity contribution is -0.146. The van der Waals surface area contributed by atoms with E-state index in [2.05, 4.69) is 10.1 Å². The molecule has 21 heavy (non-hydrogen) atoms. The van der Waals surface area contributed by atoms with Crippen molar-refractivity contribution in [3.63, 3.8) is 0 Å². The lowest BCUT2D eigenvalue weighted by atomic mass is 9.83. The maximum Gasteiger partial charge on any atom is 0.390 e. The normalized spacial score (nSPS) is 12.6. The third-order valence-electron chi connectivity index (χ3n) is 3.04. The van der Waals surface area contributed by atoms with Gasteiger partial charge in [0.25, 0.3) is 0 Å². The van der Waals surface area contributed by atoms with Crippen LogP contribution < -0.4 is 5.73 Å². The molecule has 2 N–H and O–H groups in total. The topological polar surface area (TPSA) is 80.0 Å². The van der Waals surface area contributed by atoms with Crippen molar-refractivity contribution in [2.24, 2.45) is 0 Å². The largest absolute Gasteiger partial charge is 0.390 e. The van der Waals surface area contributed by atoms with E-state index in [4.69, 9.17) is 11.0 Å². The van der Waals surface area contributed by atoms with Crippen LogP contribution in [0.15, 0.2) is 6.20 Å². The Hall–Kier alpha value is -2.37. The van der Waals surface area contributed by atoms with E-state index in [0.717, 1.165) is 10.7 Å². The summed E-state index contributed by atoms with van der Waals surface area (Å²) in [5.41, 5.74) is 2.99. The molecule has 0 aliphatic carbocycles. The Morgan fingerprint density at radius 1 is 1.38 bits per heavy atom. The average molecular weight is 301 g/mol. The standard InChI is InChI=1S/C12H11F4N5/c1-11(2,5-12(14,15)16)9-6(3-17)8(13)7-4-19-10(18)20-21(7)9/h4H,5H2,1-2H3,(H2,18,20). The Kier molecular flexibility index (Phi) is 3.28. The fourth-order valence-corrected chi connectivity index (χ4v) is 2.33. The molecule has 0 saturated carbocycles. The lowest BCUT2D eigenvalue weighted by Gasteiger charge is -2.26. The summed E-state index contributed by atoms with van der Waals surface area (Å²) in [6, 6.07) is 1.59. The molecule has 0 bridgehead atoms. The molecule has 0 spiro atoms. The van der Waals surface area contributed by atoms with Crippen LogP contribution in [-0.4, -0.2) is 20.8 Å².